The standard InChI is InChI=1S/C17H24BrN/c1-2-14-4-3-9-17(14)10-11-19-12-16(17)13-5-7-15(18)8-6-13/h5-8,14,16,19H,2-4,9-12H2,1H3. The molecule has 1 aliphatic carbocycles. The van der Waals surface area contributed by atoms with Gasteiger partial charge in [0, 0.05) is 16.9 Å². The Labute approximate surface area is 125 Å². The van der Waals surface area contributed by atoms with Gasteiger partial charge in [-0.15, -0.1) is 0 Å². The number of benzene rings is 1. The molecule has 1 heterocycles. The molecule has 1 saturated carbocycles. The molecule has 3 rings (SSSR count). The second-order valence-electron chi connectivity index (χ2n) is 6.29. The Hall–Kier alpha value is -0.340. The van der Waals surface area contributed by atoms with Crippen molar-refractivity contribution in [2.24, 2.45) is 11.3 Å². The van der Waals surface area contributed by atoms with Crippen molar-refractivity contribution in [2.45, 2.75) is 44.9 Å². The Morgan fingerprint density at radius 1 is 1.26 bits per heavy atom. The molecule has 2 heteroatoms. The molecule has 0 amide bonds. The first-order valence-electron chi connectivity index (χ1n) is 7.72. The zero-order chi connectivity index (χ0) is 13.3. The summed E-state index contributed by atoms with van der Waals surface area (Å²) in [4.78, 5) is 0. The van der Waals surface area contributed by atoms with Crippen LogP contribution in [0.1, 0.15) is 50.5 Å². The van der Waals surface area contributed by atoms with E-state index in [2.05, 4.69) is 52.4 Å². The molecular weight excluding hydrogens is 298 g/mol. The van der Waals surface area contributed by atoms with Gasteiger partial charge in [0.2, 0.25) is 0 Å². The Kier molecular flexibility index (Phi) is 4.00. The fraction of sp³-hybridized carbons (Fsp3) is 0.647. The largest absolute Gasteiger partial charge is 0.316 e. The molecule has 2 aliphatic rings. The maximum absolute atomic E-state index is 3.63. The maximum Gasteiger partial charge on any atom is 0.0175 e. The zero-order valence-corrected chi connectivity index (χ0v) is 13.4. The molecule has 3 unspecified atom stereocenters. The van der Waals surface area contributed by atoms with Gasteiger partial charge in [0.1, 0.15) is 0 Å². The van der Waals surface area contributed by atoms with Gasteiger partial charge < -0.3 is 5.32 Å². The van der Waals surface area contributed by atoms with Crippen molar-refractivity contribution in [2.75, 3.05) is 13.1 Å². The quantitative estimate of drug-likeness (QED) is 0.830. The van der Waals surface area contributed by atoms with Crippen LogP contribution in [0.25, 0.3) is 0 Å². The normalized spacial score (nSPS) is 34.8. The fourth-order valence-corrected chi connectivity index (χ4v) is 4.92. The summed E-state index contributed by atoms with van der Waals surface area (Å²) in [5.74, 6) is 1.64. The highest BCUT2D eigenvalue weighted by Gasteiger charge is 2.48. The zero-order valence-electron chi connectivity index (χ0n) is 11.8. The number of hydrogen-bond donors (Lipinski definition) is 1. The lowest BCUT2D eigenvalue weighted by Crippen LogP contribution is -2.45. The average Bonchev–Trinajstić information content (AvgIpc) is 2.84. The SMILES string of the molecule is CCC1CCCC12CCNCC2c1ccc(Br)cc1. The molecule has 1 aromatic carbocycles. The lowest BCUT2D eigenvalue weighted by atomic mass is 9.61. The van der Waals surface area contributed by atoms with E-state index < -0.39 is 0 Å². The van der Waals surface area contributed by atoms with Gasteiger partial charge in [0.15, 0.2) is 0 Å². The fourth-order valence-electron chi connectivity index (χ4n) is 4.66. The average molecular weight is 322 g/mol. The summed E-state index contributed by atoms with van der Waals surface area (Å²) in [5, 5.41) is 3.63. The van der Waals surface area contributed by atoms with Crippen molar-refractivity contribution in [3.63, 3.8) is 0 Å². The summed E-state index contributed by atoms with van der Waals surface area (Å²) in [7, 11) is 0. The molecule has 1 aliphatic heterocycles. The molecule has 1 aromatic rings. The first-order chi connectivity index (χ1) is 9.26. The summed E-state index contributed by atoms with van der Waals surface area (Å²) >= 11 is 3.55. The summed E-state index contributed by atoms with van der Waals surface area (Å²) in [6.45, 7) is 4.76. The second-order valence-corrected chi connectivity index (χ2v) is 7.20. The third-order valence-corrected chi connectivity index (χ3v) is 6.11. The second kappa shape index (κ2) is 5.57. The third kappa shape index (κ3) is 2.38. The van der Waals surface area contributed by atoms with E-state index in [9.17, 15) is 0 Å². The topological polar surface area (TPSA) is 12.0 Å². The van der Waals surface area contributed by atoms with Gasteiger partial charge in [-0.25, -0.2) is 0 Å². The van der Waals surface area contributed by atoms with E-state index in [1.807, 2.05) is 0 Å². The van der Waals surface area contributed by atoms with Crippen LogP contribution >= 0.6 is 15.9 Å². The van der Waals surface area contributed by atoms with Crippen molar-refractivity contribution in [1.82, 2.24) is 5.32 Å². The van der Waals surface area contributed by atoms with Gasteiger partial charge in [-0.1, -0.05) is 47.8 Å². The van der Waals surface area contributed by atoms with Gasteiger partial charge in [-0.3, -0.25) is 0 Å². The number of rotatable bonds is 2. The van der Waals surface area contributed by atoms with Gasteiger partial charge in [0.05, 0.1) is 0 Å². The molecular formula is C17H24BrN. The third-order valence-electron chi connectivity index (χ3n) is 5.58. The minimum absolute atomic E-state index is 0.577. The molecule has 0 radical (unpaired) electrons. The van der Waals surface area contributed by atoms with E-state index in [1.54, 1.807) is 0 Å². The van der Waals surface area contributed by atoms with E-state index in [0.29, 0.717) is 11.3 Å². The molecule has 2 fully saturated rings. The van der Waals surface area contributed by atoms with Gasteiger partial charge in [0.25, 0.3) is 0 Å². The highest BCUT2D eigenvalue weighted by atomic mass is 79.9. The van der Waals surface area contributed by atoms with Crippen LogP contribution in [0.5, 0.6) is 0 Å². The molecule has 3 atom stereocenters. The van der Waals surface area contributed by atoms with Crippen LogP contribution in [0, 0.1) is 11.3 Å². The van der Waals surface area contributed by atoms with E-state index in [4.69, 9.17) is 0 Å². The first-order valence-corrected chi connectivity index (χ1v) is 8.52. The van der Waals surface area contributed by atoms with Crippen molar-refractivity contribution in [3.8, 4) is 0 Å². The van der Waals surface area contributed by atoms with Crippen LogP contribution in [0.3, 0.4) is 0 Å². The smallest absolute Gasteiger partial charge is 0.0175 e. The summed E-state index contributed by atoms with van der Waals surface area (Å²) in [6.07, 6.45) is 7.04. The number of nitrogens with one attached hydrogen (secondary N) is 1. The molecule has 0 aromatic heterocycles. The monoisotopic (exact) mass is 321 g/mol. The van der Waals surface area contributed by atoms with Crippen LogP contribution in [-0.2, 0) is 0 Å². The minimum atomic E-state index is 0.577. The first kappa shape index (κ1) is 13.6. The Morgan fingerprint density at radius 2 is 2.05 bits per heavy atom. The number of hydrogen-bond acceptors (Lipinski definition) is 1. The Bertz CT molecular complexity index is 427. The molecule has 104 valence electrons. The van der Waals surface area contributed by atoms with Crippen LogP contribution in [-0.4, -0.2) is 13.1 Å². The Morgan fingerprint density at radius 3 is 2.79 bits per heavy atom. The van der Waals surface area contributed by atoms with E-state index >= 15 is 0 Å². The summed E-state index contributed by atoms with van der Waals surface area (Å²) in [6, 6.07) is 9.06. The minimum Gasteiger partial charge on any atom is -0.316 e. The van der Waals surface area contributed by atoms with Crippen LogP contribution < -0.4 is 5.32 Å². The van der Waals surface area contributed by atoms with Crippen molar-refractivity contribution < 1.29 is 0 Å². The molecule has 1 saturated heterocycles. The lowest BCUT2D eigenvalue weighted by Gasteiger charge is -2.46. The molecule has 1 spiro atoms. The predicted molar refractivity (Wildman–Crippen MR) is 84.4 cm³/mol. The van der Waals surface area contributed by atoms with Crippen molar-refractivity contribution in [3.05, 3.63) is 34.3 Å². The van der Waals surface area contributed by atoms with Crippen molar-refractivity contribution >= 4 is 15.9 Å². The van der Waals surface area contributed by atoms with E-state index in [0.717, 1.165) is 12.5 Å². The van der Waals surface area contributed by atoms with Crippen LogP contribution in [0.15, 0.2) is 28.7 Å². The molecule has 1 nitrogen and oxygen atoms in total. The maximum atomic E-state index is 3.63. The van der Waals surface area contributed by atoms with Crippen LogP contribution in [0.2, 0.25) is 0 Å². The highest BCUT2D eigenvalue weighted by Crippen LogP contribution is 2.56. The predicted octanol–water partition coefficient (Wildman–Crippen LogP) is 4.72. The molecule has 19 heavy (non-hydrogen) atoms. The van der Waals surface area contributed by atoms with Crippen molar-refractivity contribution in [1.29, 1.82) is 0 Å². The van der Waals surface area contributed by atoms with Gasteiger partial charge in [-0.2, -0.15) is 0 Å². The van der Waals surface area contributed by atoms with Crippen LogP contribution in [0.4, 0.5) is 0 Å². The molecule has 0 bridgehead atoms. The van der Waals surface area contributed by atoms with Gasteiger partial charge >= 0.3 is 0 Å². The summed E-state index contributed by atoms with van der Waals surface area (Å²) in [5.41, 5.74) is 2.11. The summed E-state index contributed by atoms with van der Waals surface area (Å²) < 4.78 is 1.19. The molecule has 1 N–H and O–H groups in total. The van der Waals surface area contributed by atoms with E-state index in [1.165, 1.54) is 48.7 Å². The van der Waals surface area contributed by atoms with E-state index in [-0.39, 0.29) is 0 Å². The lowest BCUT2D eigenvalue weighted by molar-refractivity contribution is 0.103. The Balaban J connectivity index is 1.94. The number of halogens is 1. The highest BCUT2D eigenvalue weighted by molar-refractivity contribution is 9.10. The van der Waals surface area contributed by atoms with Gasteiger partial charge in [-0.05, 0) is 54.8 Å². The number of piperidine rings is 1.